The minimum Gasteiger partial charge on any atom is -0.365 e. The van der Waals surface area contributed by atoms with Crippen molar-refractivity contribution in [3.63, 3.8) is 0 Å². The molecule has 1 fully saturated rings. The van der Waals surface area contributed by atoms with E-state index in [1.807, 2.05) is 11.0 Å². The maximum atomic E-state index is 11.4. The Labute approximate surface area is 141 Å². The van der Waals surface area contributed by atoms with Gasteiger partial charge in [-0.25, -0.2) is 0 Å². The van der Waals surface area contributed by atoms with Gasteiger partial charge in [-0.05, 0) is 12.5 Å². The molecule has 126 valence electrons. The van der Waals surface area contributed by atoms with E-state index in [0.717, 1.165) is 13.1 Å². The first-order valence-corrected chi connectivity index (χ1v) is 8.11. The van der Waals surface area contributed by atoms with Crippen molar-refractivity contribution in [2.24, 2.45) is 0 Å². The summed E-state index contributed by atoms with van der Waals surface area (Å²) in [5.74, 6) is 1.42. The van der Waals surface area contributed by atoms with Crippen LogP contribution in [0.2, 0.25) is 0 Å². The molecule has 0 spiro atoms. The number of carbonyl (C=O) groups excluding carboxylic acids is 1. The Morgan fingerprint density at radius 3 is 2.75 bits per heavy atom. The number of piperazine rings is 1. The molecule has 1 aromatic heterocycles. The maximum absolute atomic E-state index is 11.4. The van der Waals surface area contributed by atoms with Crippen molar-refractivity contribution in [3.8, 4) is 0 Å². The number of carbonyl (C=O) groups is 1. The van der Waals surface area contributed by atoms with Crippen molar-refractivity contribution in [1.82, 2.24) is 20.1 Å². The summed E-state index contributed by atoms with van der Waals surface area (Å²) in [5.41, 5.74) is 2.43. The third-order valence-electron chi connectivity index (χ3n) is 4.11. The highest BCUT2D eigenvalue weighted by Crippen LogP contribution is 2.13. The molecule has 0 bridgehead atoms. The van der Waals surface area contributed by atoms with E-state index in [2.05, 4.69) is 50.5 Å². The fraction of sp³-hybridized carbons (Fsp3) is 0.412. The van der Waals surface area contributed by atoms with Crippen molar-refractivity contribution in [1.29, 1.82) is 0 Å². The predicted molar refractivity (Wildman–Crippen MR) is 92.8 cm³/mol. The quantitative estimate of drug-likeness (QED) is 0.917. The second-order valence-electron chi connectivity index (χ2n) is 5.98. The lowest BCUT2D eigenvalue weighted by atomic mass is 10.1. The van der Waals surface area contributed by atoms with E-state index in [9.17, 15) is 4.79 Å². The van der Waals surface area contributed by atoms with Crippen molar-refractivity contribution in [2.45, 2.75) is 20.4 Å². The molecule has 1 saturated heterocycles. The summed E-state index contributed by atoms with van der Waals surface area (Å²) < 4.78 is 0. The third-order valence-corrected chi connectivity index (χ3v) is 4.11. The molecule has 2 heterocycles. The number of nitrogens with one attached hydrogen (secondary N) is 1. The molecule has 0 unspecified atom stereocenters. The van der Waals surface area contributed by atoms with Crippen molar-refractivity contribution in [3.05, 3.63) is 41.6 Å². The average molecular weight is 326 g/mol. The fourth-order valence-corrected chi connectivity index (χ4v) is 2.75. The van der Waals surface area contributed by atoms with Crippen LogP contribution in [0.25, 0.3) is 0 Å². The lowest BCUT2D eigenvalue weighted by molar-refractivity contribution is -0.129. The van der Waals surface area contributed by atoms with Crippen LogP contribution in [-0.2, 0) is 11.3 Å². The van der Waals surface area contributed by atoms with Crippen LogP contribution in [0.5, 0.6) is 0 Å². The molecule has 1 aliphatic heterocycles. The number of hydrogen-bond donors (Lipinski definition) is 1. The molecule has 0 radical (unpaired) electrons. The number of aryl methyl sites for hydroxylation is 1. The van der Waals surface area contributed by atoms with Gasteiger partial charge in [-0.15, -0.1) is 5.10 Å². The summed E-state index contributed by atoms with van der Waals surface area (Å²) >= 11 is 0. The second kappa shape index (κ2) is 7.25. The second-order valence-corrected chi connectivity index (χ2v) is 5.98. The lowest BCUT2D eigenvalue weighted by Gasteiger charge is -2.33. The molecule has 1 N–H and O–H groups in total. The zero-order chi connectivity index (χ0) is 16.9. The standard InChI is InChI=1S/C17H22N6O/c1-13-4-3-5-15(10-13)11-18-16-12-19-21-17(20-16)23-8-6-22(7-9-23)14(2)24/h3-5,10,12H,6-9,11H2,1-2H3,(H,18,20,21). The number of rotatable bonds is 4. The Hall–Kier alpha value is -2.70. The highest BCUT2D eigenvalue weighted by molar-refractivity contribution is 5.73. The molecule has 1 aromatic carbocycles. The van der Waals surface area contributed by atoms with Gasteiger partial charge in [-0.1, -0.05) is 29.8 Å². The molecule has 2 aromatic rings. The Kier molecular flexibility index (Phi) is 4.88. The summed E-state index contributed by atoms with van der Waals surface area (Å²) in [6.07, 6.45) is 1.63. The highest BCUT2D eigenvalue weighted by Gasteiger charge is 2.20. The number of hydrogen-bond acceptors (Lipinski definition) is 6. The molecule has 1 amide bonds. The van der Waals surface area contributed by atoms with E-state index >= 15 is 0 Å². The molecule has 0 saturated carbocycles. The Balaban J connectivity index is 1.61. The zero-order valence-corrected chi connectivity index (χ0v) is 14.1. The summed E-state index contributed by atoms with van der Waals surface area (Å²) in [6, 6.07) is 8.35. The van der Waals surface area contributed by atoms with Gasteiger partial charge < -0.3 is 15.1 Å². The Bertz CT molecular complexity index is 712. The van der Waals surface area contributed by atoms with Gasteiger partial charge in [0.1, 0.15) is 0 Å². The van der Waals surface area contributed by atoms with E-state index in [0.29, 0.717) is 31.4 Å². The lowest BCUT2D eigenvalue weighted by Crippen LogP contribution is -2.48. The summed E-state index contributed by atoms with van der Waals surface area (Å²) in [7, 11) is 0. The average Bonchev–Trinajstić information content (AvgIpc) is 2.60. The number of aromatic nitrogens is 3. The SMILES string of the molecule is CC(=O)N1CCN(c2nncc(NCc3cccc(C)c3)n2)CC1. The van der Waals surface area contributed by atoms with Crippen molar-refractivity contribution in [2.75, 3.05) is 36.4 Å². The Morgan fingerprint density at radius 1 is 1.25 bits per heavy atom. The summed E-state index contributed by atoms with van der Waals surface area (Å²) in [6.45, 7) is 7.21. The monoisotopic (exact) mass is 326 g/mol. The first-order valence-electron chi connectivity index (χ1n) is 8.11. The Morgan fingerprint density at radius 2 is 2.04 bits per heavy atom. The van der Waals surface area contributed by atoms with Crippen LogP contribution in [-0.4, -0.2) is 52.2 Å². The predicted octanol–water partition coefficient (Wildman–Crippen LogP) is 1.46. The third kappa shape index (κ3) is 3.98. The first-order chi connectivity index (χ1) is 11.6. The van der Waals surface area contributed by atoms with Crippen LogP contribution in [0, 0.1) is 6.92 Å². The molecular weight excluding hydrogens is 304 g/mol. The van der Waals surface area contributed by atoms with E-state index in [-0.39, 0.29) is 5.91 Å². The van der Waals surface area contributed by atoms with Gasteiger partial charge >= 0.3 is 0 Å². The van der Waals surface area contributed by atoms with Gasteiger partial charge in [0.2, 0.25) is 11.9 Å². The van der Waals surface area contributed by atoms with E-state index in [1.165, 1.54) is 11.1 Å². The smallest absolute Gasteiger partial charge is 0.247 e. The van der Waals surface area contributed by atoms with Crippen LogP contribution >= 0.6 is 0 Å². The summed E-state index contributed by atoms with van der Waals surface area (Å²) in [5, 5.41) is 11.5. The topological polar surface area (TPSA) is 74.2 Å². The van der Waals surface area contributed by atoms with Crippen molar-refractivity contribution >= 4 is 17.7 Å². The summed E-state index contributed by atoms with van der Waals surface area (Å²) in [4.78, 5) is 19.8. The molecule has 1 aliphatic rings. The minimum absolute atomic E-state index is 0.113. The van der Waals surface area contributed by atoms with Gasteiger partial charge in [0.25, 0.3) is 0 Å². The van der Waals surface area contributed by atoms with E-state index < -0.39 is 0 Å². The van der Waals surface area contributed by atoms with E-state index in [4.69, 9.17) is 0 Å². The highest BCUT2D eigenvalue weighted by atomic mass is 16.2. The number of benzene rings is 1. The van der Waals surface area contributed by atoms with Gasteiger partial charge in [0, 0.05) is 39.6 Å². The molecule has 0 aliphatic carbocycles. The molecule has 7 nitrogen and oxygen atoms in total. The number of nitrogens with zero attached hydrogens (tertiary/aromatic N) is 5. The minimum atomic E-state index is 0.113. The molecule has 3 rings (SSSR count). The largest absolute Gasteiger partial charge is 0.365 e. The molecule has 24 heavy (non-hydrogen) atoms. The van der Waals surface area contributed by atoms with E-state index in [1.54, 1.807) is 13.1 Å². The molecule has 0 atom stereocenters. The normalized spacial score (nSPS) is 14.6. The first kappa shape index (κ1) is 16.2. The van der Waals surface area contributed by atoms with Crippen LogP contribution in [0.3, 0.4) is 0 Å². The fourth-order valence-electron chi connectivity index (χ4n) is 2.75. The molecular formula is C17H22N6O. The van der Waals surface area contributed by atoms with Crippen LogP contribution in [0.1, 0.15) is 18.1 Å². The zero-order valence-electron chi connectivity index (χ0n) is 14.1. The number of anilines is 2. The van der Waals surface area contributed by atoms with Crippen LogP contribution < -0.4 is 10.2 Å². The maximum Gasteiger partial charge on any atom is 0.247 e. The van der Waals surface area contributed by atoms with Gasteiger partial charge in [0.15, 0.2) is 5.82 Å². The van der Waals surface area contributed by atoms with Gasteiger partial charge in [-0.3, -0.25) is 4.79 Å². The molecule has 7 heteroatoms. The van der Waals surface area contributed by atoms with Gasteiger partial charge in [0.05, 0.1) is 6.20 Å². The van der Waals surface area contributed by atoms with Crippen LogP contribution in [0.15, 0.2) is 30.5 Å². The van der Waals surface area contributed by atoms with Gasteiger partial charge in [-0.2, -0.15) is 10.1 Å². The van der Waals surface area contributed by atoms with Crippen LogP contribution in [0.4, 0.5) is 11.8 Å². The number of amides is 1. The van der Waals surface area contributed by atoms with Crippen molar-refractivity contribution < 1.29 is 4.79 Å².